The maximum atomic E-state index is 11.9. The fraction of sp³-hybridized carbons (Fsp3) is 0.0833. The van der Waals surface area contributed by atoms with Crippen LogP contribution in [0.4, 0.5) is 5.69 Å². The monoisotopic (exact) mass is 329 g/mol. The first kappa shape index (κ1) is 12.6. The van der Waals surface area contributed by atoms with Crippen molar-refractivity contribution in [2.45, 2.75) is 6.92 Å². The Morgan fingerprint density at radius 3 is 2.76 bits per heavy atom. The van der Waals surface area contributed by atoms with Gasteiger partial charge >= 0.3 is 0 Å². The third kappa shape index (κ3) is 3.09. The standard InChI is InChI=1S/C12H9BrClNOS/c1-7-4-8(13)6-9(5-7)15-12(16)11-10(14)2-3-17-11/h2-6H,1H3,(H,15,16). The van der Waals surface area contributed by atoms with Gasteiger partial charge in [0.25, 0.3) is 5.91 Å². The van der Waals surface area contributed by atoms with Crippen LogP contribution in [0.2, 0.25) is 5.02 Å². The van der Waals surface area contributed by atoms with Gasteiger partial charge in [0.05, 0.1) is 5.02 Å². The minimum Gasteiger partial charge on any atom is -0.321 e. The summed E-state index contributed by atoms with van der Waals surface area (Å²) in [5.41, 5.74) is 1.83. The summed E-state index contributed by atoms with van der Waals surface area (Å²) in [4.78, 5) is 12.4. The molecule has 17 heavy (non-hydrogen) atoms. The largest absolute Gasteiger partial charge is 0.321 e. The lowest BCUT2D eigenvalue weighted by atomic mass is 10.2. The second kappa shape index (κ2) is 5.21. The van der Waals surface area contributed by atoms with Gasteiger partial charge in [-0.25, -0.2) is 0 Å². The minimum atomic E-state index is -0.178. The van der Waals surface area contributed by atoms with Crippen molar-refractivity contribution in [3.63, 3.8) is 0 Å². The maximum absolute atomic E-state index is 11.9. The van der Waals surface area contributed by atoms with Crippen LogP contribution in [0.1, 0.15) is 15.2 Å². The van der Waals surface area contributed by atoms with Gasteiger partial charge in [-0.15, -0.1) is 11.3 Å². The lowest BCUT2D eigenvalue weighted by molar-refractivity contribution is 0.103. The molecule has 0 bridgehead atoms. The van der Waals surface area contributed by atoms with E-state index in [1.165, 1.54) is 11.3 Å². The molecule has 0 aliphatic heterocycles. The molecule has 2 nitrogen and oxygen atoms in total. The normalized spacial score (nSPS) is 10.3. The number of nitrogens with one attached hydrogen (secondary N) is 1. The summed E-state index contributed by atoms with van der Waals surface area (Å²) >= 11 is 10.6. The van der Waals surface area contributed by atoms with Crippen LogP contribution >= 0.6 is 38.9 Å². The number of hydrogen-bond acceptors (Lipinski definition) is 2. The highest BCUT2D eigenvalue weighted by Crippen LogP contribution is 2.24. The number of amides is 1. The van der Waals surface area contributed by atoms with E-state index in [1.807, 2.05) is 25.1 Å². The molecule has 0 atom stereocenters. The first-order chi connectivity index (χ1) is 8.06. The van der Waals surface area contributed by atoms with Gasteiger partial charge in [-0.05, 0) is 42.1 Å². The van der Waals surface area contributed by atoms with E-state index in [0.29, 0.717) is 9.90 Å². The van der Waals surface area contributed by atoms with E-state index in [-0.39, 0.29) is 5.91 Å². The van der Waals surface area contributed by atoms with Gasteiger partial charge in [0, 0.05) is 10.2 Å². The highest BCUT2D eigenvalue weighted by Gasteiger charge is 2.12. The number of anilines is 1. The van der Waals surface area contributed by atoms with Crippen LogP contribution in [0, 0.1) is 6.92 Å². The van der Waals surface area contributed by atoms with Crippen molar-refractivity contribution in [1.82, 2.24) is 0 Å². The van der Waals surface area contributed by atoms with E-state index in [4.69, 9.17) is 11.6 Å². The Balaban J connectivity index is 2.21. The summed E-state index contributed by atoms with van der Waals surface area (Å²) in [5, 5.41) is 5.10. The van der Waals surface area contributed by atoms with Crippen LogP contribution in [0.5, 0.6) is 0 Å². The van der Waals surface area contributed by atoms with E-state index in [0.717, 1.165) is 15.7 Å². The topological polar surface area (TPSA) is 29.1 Å². The molecule has 2 aromatic rings. The Hall–Kier alpha value is -0.840. The molecule has 0 saturated carbocycles. The van der Waals surface area contributed by atoms with Gasteiger partial charge in [0.1, 0.15) is 4.88 Å². The van der Waals surface area contributed by atoms with Gasteiger partial charge in [-0.3, -0.25) is 4.79 Å². The molecule has 5 heteroatoms. The number of carbonyl (C=O) groups excluding carboxylic acids is 1. The number of rotatable bonds is 2. The molecular formula is C12H9BrClNOS. The lowest BCUT2D eigenvalue weighted by Crippen LogP contribution is -2.10. The zero-order valence-corrected chi connectivity index (χ0v) is 12.1. The van der Waals surface area contributed by atoms with Crippen molar-refractivity contribution in [3.05, 3.63) is 49.6 Å². The third-order valence-electron chi connectivity index (χ3n) is 2.12. The molecule has 0 saturated heterocycles. The summed E-state index contributed by atoms with van der Waals surface area (Å²) in [7, 11) is 0. The van der Waals surface area contributed by atoms with Crippen molar-refractivity contribution in [1.29, 1.82) is 0 Å². The molecule has 0 aliphatic rings. The SMILES string of the molecule is Cc1cc(Br)cc(NC(=O)c2sccc2Cl)c1. The number of aryl methyl sites for hydroxylation is 1. The van der Waals surface area contributed by atoms with E-state index in [1.54, 1.807) is 11.4 Å². The average Bonchev–Trinajstić information content (AvgIpc) is 2.62. The predicted molar refractivity (Wildman–Crippen MR) is 76.2 cm³/mol. The molecule has 0 unspecified atom stereocenters. The van der Waals surface area contributed by atoms with Gasteiger partial charge in [0.15, 0.2) is 0 Å². The predicted octanol–water partition coefficient (Wildman–Crippen LogP) is 4.72. The Kier molecular flexibility index (Phi) is 3.86. The van der Waals surface area contributed by atoms with Crippen LogP contribution in [-0.2, 0) is 0 Å². The zero-order chi connectivity index (χ0) is 12.4. The molecule has 0 radical (unpaired) electrons. The van der Waals surface area contributed by atoms with Crippen LogP contribution in [0.15, 0.2) is 34.1 Å². The van der Waals surface area contributed by atoms with E-state index < -0.39 is 0 Å². The number of carbonyl (C=O) groups is 1. The summed E-state index contributed by atoms with van der Waals surface area (Å²) in [5.74, 6) is -0.178. The quantitative estimate of drug-likeness (QED) is 0.847. The summed E-state index contributed by atoms with van der Waals surface area (Å²) in [6, 6.07) is 7.46. The zero-order valence-electron chi connectivity index (χ0n) is 8.96. The fourth-order valence-electron chi connectivity index (χ4n) is 1.45. The van der Waals surface area contributed by atoms with E-state index in [9.17, 15) is 4.79 Å². The van der Waals surface area contributed by atoms with E-state index >= 15 is 0 Å². The summed E-state index contributed by atoms with van der Waals surface area (Å²) in [6.07, 6.45) is 0. The Morgan fingerprint density at radius 1 is 1.41 bits per heavy atom. The van der Waals surface area contributed by atoms with Crippen molar-refractivity contribution in [2.24, 2.45) is 0 Å². The summed E-state index contributed by atoms with van der Waals surface area (Å²) < 4.78 is 0.935. The smallest absolute Gasteiger partial charge is 0.267 e. The van der Waals surface area contributed by atoms with Crippen molar-refractivity contribution < 1.29 is 4.79 Å². The maximum Gasteiger partial charge on any atom is 0.267 e. The molecule has 0 spiro atoms. The van der Waals surface area contributed by atoms with Gasteiger partial charge in [0.2, 0.25) is 0 Å². The fourth-order valence-corrected chi connectivity index (χ4v) is 3.10. The highest BCUT2D eigenvalue weighted by atomic mass is 79.9. The first-order valence-electron chi connectivity index (χ1n) is 4.88. The third-order valence-corrected chi connectivity index (χ3v) is 3.92. The Labute approximate surface area is 117 Å². The minimum absolute atomic E-state index is 0.178. The van der Waals surface area contributed by atoms with Crippen LogP contribution in [0.25, 0.3) is 0 Å². The number of halogens is 2. The van der Waals surface area contributed by atoms with E-state index in [2.05, 4.69) is 21.2 Å². The van der Waals surface area contributed by atoms with Gasteiger partial charge in [-0.1, -0.05) is 27.5 Å². The van der Waals surface area contributed by atoms with Crippen LogP contribution in [-0.4, -0.2) is 5.91 Å². The second-order valence-corrected chi connectivity index (χ2v) is 5.81. The molecule has 2 rings (SSSR count). The Bertz CT molecular complexity index is 547. The molecular weight excluding hydrogens is 322 g/mol. The number of benzene rings is 1. The molecule has 1 amide bonds. The van der Waals surface area contributed by atoms with Crippen LogP contribution in [0.3, 0.4) is 0 Å². The number of thiophene rings is 1. The Morgan fingerprint density at radius 2 is 2.18 bits per heavy atom. The molecule has 0 aliphatic carbocycles. The molecule has 1 heterocycles. The highest BCUT2D eigenvalue weighted by molar-refractivity contribution is 9.10. The molecule has 1 N–H and O–H groups in total. The van der Waals surface area contributed by atoms with Crippen molar-refractivity contribution >= 4 is 50.5 Å². The number of hydrogen-bond donors (Lipinski definition) is 1. The van der Waals surface area contributed by atoms with Crippen LogP contribution < -0.4 is 5.32 Å². The van der Waals surface area contributed by atoms with Crippen molar-refractivity contribution in [2.75, 3.05) is 5.32 Å². The molecule has 1 aromatic carbocycles. The summed E-state index contributed by atoms with van der Waals surface area (Å²) in [6.45, 7) is 1.97. The van der Waals surface area contributed by atoms with Gasteiger partial charge < -0.3 is 5.32 Å². The average molecular weight is 331 g/mol. The molecule has 88 valence electrons. The molecule has 1 aromatic heterocycles. The first-order valence-corrected chi connectivity index (χ1v) is 6.93. The van der Waals surface area contributed by atoms with Gasteiger partial charge in [-0.2, -0.15) is 0 Å². The molecule has 0 fully saturated rings. The second-order valence-electron chi connectivity index (χ2n) is 3.57. The lowest BCUT2D eigenvalue weighted by Gasteiger charge is -2.06. The van der Waals surface area contributed by atoms with Crippen molar-refractivity contribution in [3.8, 4) is 0 Å².